The number of carbonyl (C=O) groups excluding carboxylic acids is 1. The van der Waals surface area contributed by atoms with Crippen molar-refractivity contribution in [3.8, 4) is 0 Å². The number of aryl methyl sites for hydroxylation is 2. The first-order valence-corrected chi connectivity index (χ1v) is 6.57. The van der Waals surface area contributed by atoms with Crippen molar-refractivity contribution in [2.24, 2.45) is 5.92 Å². The Morgan fingerprint density at radius 2 is 1.83 bits per heavy atom. The van der Waals surface area contributed by atoms with Crippen molar-refractivity contribution in [2.75, 3.05) is 18.4 Å². The van der Waals surface area contributed by atoms with Gasteiger partial charge in [0.25, 0.3) is 0 Å². The first kappa shape index (κ1) is 14.6. The molecule has 1 aromatic carbocycles. The fourth-order valence-corrected chi connectivity index (χ4v) is 1.82. The summed E-state index contributed by atoms with van der Waals surface area (Å²) in [4.78, 5) is 11.6. The van der Waals surface area contributed by atoms with Crippen molar-refractivity contribution in [1.29, 1.82) is 0 Å². The van der Waals surface area contributed by atoms with E-state index in [0.717, 1.165) is 18.7 Å². The number of amides is 1. The number of benzene rings is 1. The van der Waals surface area contributed by atoms with Gasteiger partial charge < -0.3 is 10.6 Å². The van der Waals surface area contributed by atoms with Crippen LogP contribution in [-0.2, 0) is 4.79 Å². The molecule has 3 nitrogen and oxygen atoms in total. The summed E-state index contributed by atoms with van der Waals surface area (Å²) in [5.41, 5.74) is 3.41. The quantitative estimate of drug-likeness (QED) is 0.812. The van der Waals surface area contributed by atoms with E-state index >= 15 is 0 Å². The monoisotopic (exact) mass is 248 g/mol. The summed E-state index contributed by atoms with van der Waals surface area (Å²) in [7, 11) is 0. The van der Waals surface area contributed by atoms with E-state index in [1.807, 2.05) is 32.0 Å². The number of para-hydroxylation sites is 1. The number of carbonyl (C=O) groups is 1. The molecule has 0 saturated carbocycles. The molecule has 0 unspecified atom stereocenters. The van der Waals surface area contributed by atoms with Crippen molar-refractivity contribution in [1.82, 2.24) is 5.32 Å². The van der Waals surface area contributed by atoms with Crippen LogP contribution in [0.5, 0.6) is 0 Å². The Labute approximate surface area is 110 Å². The van der Waals surface area contributed by atoms with Crippen LogP contribution in [-0.4, -0.2) is 19.0 Å². The van der Waals surface area contributed by atoms with Crippen LogP contribution in [0.1, 0.15) is 31.4 Å². The highest BCUT2D eigenvalue weighted by molar-refractivity contribution is 5.81. The molecule has 18 heavy (non-hydrogen) atoms. The van der Waals surface area contributed by atoms with E-state index in [1.54, 1.807) is 0 Å². The Balaban J connectivity index is 2.38. The Hall–Kier alpha value is -1.51. The molecule has 0 aliphatic heterocycles. The molecular formula is C15H24N2O. The van der Waals surface area contributed by atoms with Crippen LogP contribution < -0.4 is 10.6 Å². The van der Waals surface area contributed by atoms with E-state index < -0.39 is 0 Å². The van der Waals surface area contributed by atoms with Crippen LogP contribution in [0.3, 0.4) is 0 Å². The fraction of sp³-hybridized carbons (Fsp3) is 0.533. The summed E-state index contributed by atoms with van der Waals surface area (Å²) < 4.78 is 0. The van der Waals surface area contributed by atoms with Gasteiger partial charge in [0, 0.05) is 12.2 Å². The zero-order chi connectivity index (χ0) is 13.5. The van der Waals surface area contributed by atoms with Crippen LogP contribution in [0.25, 0.3) is 0 Å². The summed E-state index contributed by atoms with van der Waals surface area (Å²) in [5, 5.41) is 6.13. The van der Waals surface area contributed by atoms with Gasteiger partial charge in [0.1, 0.15) is 0 Å². The molecule has 0 saturated heterocycles. The van der Waals surface area contributed by atoms with Crippen LogP contribution in [0, 0.1) is 19.8 Å². The minimum atomic E-state index is 0.0540. The third-order valence-corrected chi connectivity index (χ3v) is 2.95. The molecule has 0 aliphatic rings. The van der Waals surface area contributed by atoms with Gasteiger partial charge in [0.2, 0.25) is 5.91 Å². The van der Waals surface area contributed by atoms with Crippen molar-refractivity contribution in [2.45, 2.75) is 34.1 Å². The van der Waals surface area contributed by atoms with Gasteiger partial charge in [-0.25, -0.2) is 0 Å². The van der Waals surface area contributed by atoms with E-state index in [-0.39, 0.29) is 5.91 Å². The maximum atomic E-state index is 11.6. The molecule has 0 bridgehead atoms. The second kappa shape index (κ2) is 7.04. The average molecular weight is 248 g/mol. The zero-order valence-electron chi connectivity index (χ0n) is 11.8. The summed E-state index contributed by atoms with van der Waals surface area (Å²) >= 11 is 0. The van der Waals surface area contributed by atoms with Crippen LogP contribution in [0.2, 0.25) is 0 Å². The Morgan fingerprint density at radius 1 is 1.22 bits per heavy atom. The molecular weight excluding hydrogens is 224 g/mol. The van der Waals surface area contributed by atoms with Crippen molar-refractivity contribution in [3.63, 3.8) is 0 Å². The van der Waals surface area contributed by atoms with E-state index in [9.17, 15) is 4.79 Å². The molecule has 0 heterocycles. The molecule has 2 N–H and O–H groups in total. The van der Waals surface area contributed by atoms with Gasteiger partial charge in [-0.2, -0.15) is 0 Å². The molecule has 1 amide bonds. The van der Waals surface area contributed by atoms with Gasteiger partial charge in [-0.05, 0) is 37.3 Å². The molecule has 0 spiro atoms. The Bertz CT molecular complexity index is 379. The lowest BCUT2D eigenvalue weighted by atomic mass is 10.1. The number of hydrogen-bond acceptors (Lipinski definition) is 2. The van der Waals surface area contributed by atoms with Crippen LogP contribution in [0.4, 0.5) is 5.69 Å². The van der Waals surface area contributed by atoms with Gasteiger partial charge in [0.15, 0.2) is 0 Å². The van der Waals surface area contributed by atoms with E-state index in [0.29, 0.717) is 12.5 Å². The smallest absolute Gasteiger partial charge is 0.239 e. The average Bonchev–Trinajstić information content (AvgIpc) is 2.27. The Kier molecular flexibility index (Phi) is 5.69. The van der Waals surface area contributed by atoms with Crippen molar-refractivity contribution >= 4 is 11.6 Å². The summed E-state index contributed by atoms with van der Waals surface area (Å²) in [6.45, 7) is 9.49. The van der Waals surface area contributed by atoms with Gasteiger partial charge in [-0.15, -0.1) is 0 Å². The topological polar surface area (TPSA) is 41.1 Å². The number of hydrogen-bond donors (Lipinski definition) is 2. The molecule has 1 rings (SSSR count). The third-order valence-electron chi connectivity index (χ3n) is 2.95. The van der Waals surface area contributed by atoms with E-state index in [2.05, 4.69) is 24.5 Å². The molecule has 0 aromatic heterocycles. The van der Waals surface area contributed by atoms with Crippen LogP contribution in [0.15, 0.2) is 18.2 Å². The molecule has 100 valence electrons. The highest BCUT2D eigenvalue weighted by atomic mass is 16.1. The molecule has 0 aliphatic carbocycles. The first-order chi connectivity index (χ1) is 8.50. The first-order valence-electron chi connectivity index (χ1n) is 6.57. The second-order valence-electron chi connectivity index (χ2n) is 5.15. The van der Waals surface area contributed by atoms with Crippen molar-refractivity contribution in [3.05, 3.63) is 29.3 Å². The third kappa shape index (κ3) is 4.78. The van der Waals surface area contributed by atoms with Gasteiger partial charge >= 0.3 is 0 Å². The lowest BCUT2D eigenvalue weighted by Gasteiger charge is -2.13. The van der Waals surface area contributed by atoms with Gasteiger partial charge in [-0.3, -0.25) is 4.79 Å². The van der Waals surface area contributed by atoms with Gasteiger partial charge in [-0.1, -0.05) is 32.0 Å². The normalized spacial score (nSPS) is 10.5. The highest BCUT2D eigenvalue weighted by Gasteiger charge is 2.05. The summed E-state index contributed by atoms with van der Waals surface area (Å²) in [5.74, 6) is 0.676. The van der Waals surface area contributed by atoms with Crippen molar-refractivity contribution < 1.29 is 4.79 Å². The number of anilines is 1. The number of nitrogens with one attached hydrogen (secondary N) is 2. The second-order valence-corrected chi connectivity index (χ2v) is 5.15. The predicted molar refractivity (Wildman–Crippen MR) is 76.9 cm³/mol. The Morgan fingerprint density at radius 3 is 2.39 bits per heavy atom. The summed E-state index contributed by atoms with van der Waals surface area (Å²) in [6, 6.07) is 6.12. The highest BCUT2D eigenvalue weighted by Crippen LogP contribution is 2.18. The van der Waals surface area contributed by atoms with E-state index in [4.69, 9.17) is 0 Å². The minimum absolute atomic E-state index is 0.0540. The zero-order valence-corrected chi connectivity index (χ0v) is 11.8. The van der Waals surface area contributed by atoms with E-state index in [1.165, 1.54) is 11.1 Å². The lowest BCUT2D eigenvalue weighted by molar-refractivity contribution is -0.119. The maximum Gasteiger partial charge on any atom is 0.239 e. The molecule has 3 heteroatoms. The molecule has 0 atom stereocenters. The lowest BCUT2D eigenvalue weighted by Crippen LogP contribution is -2.31. The molecule has 1 aromatic rings. The SMILES string of the molecule is Cc1cccc(C)c1NCC(=O)NCCC(C)C. The van der Waals surface area contributed by atoms with Crippen LogP contribution >= 0.6 is 0 Å². The minimum Gasteiger partial charge on any atom is -0.376 e. The fourth-order valence-electron chi connectivity index (χ4n) is 1.82. The predicted octanol–water partition coefficient (Wildman–Crippen LogP) is 2.88. The maximum absolute atomic E-state index is 11.6. The largest absolute Gasteiger partial charge is 0.376 e. The molecule has 0 radical (unpaired) electrons. The summed E-state index contributed by atoms with van der Waals surface area (Å²) in [6.07, 6.45) is 1.02. The van der Waals surface area contributed by atoms with Gasteiger partial charge in [0.05, 0.1) is 6.54 Å². The standard InChI is InChI=1S/C15H24N2O/c1-11(2)8-9-16-14(18)10-17-15-12(3)6-5-7-13(15)4/h5-7,11,17H,8-10H2,1-4H3,(H,16,18). The number of rotatable bonds is 6. The molecule has 0 fully saturated rings.